The fourth-order valence-corrected chi connectivity index (χ4v) is 4.79. The lowest BCUT2D eigenvalue weighted by Crippen LogP contribution is -2.54. The number of carboxylic acid groups (broad SMARTS) is 1. The van der Waals surface area contributed by atoms with E-state index in [1.807, 2.05) is 6.92 Å². The third kappa shape index (κ3) is 5.44. The summed E-state index contributed by atoms with van der Waals surface area (Å²) in [7, 11) is 0. The molecule has 1 aliphatic rings. The summed E-state index contributed by atoms with van der Waals surface area (Å²) in [6.45, 7) is 2.15. The number of benzene rings is 2. The van der Waals surface area contributed by atoms with Gasteiger partial charge in [0.1, 0.15) is 5.82 Å². The third-order valence-electron chi connectivity index (χ3n) is 5.93. The molecule has 0 bridgehead atoms. The third-order valence-corrected chi connectivity index (χ3v) is 6.78. The van der Waals surface area contributed by atoms with Crippen LogP contribution in [0.25, 0.3) is 0 Å². The number of nitrogens with one attached hydrogen (secondary N) is 1. The van der Waals surface area contributed by atoms with Crippen molar-refractivity contribution in [2.45, 2.75) is 25.6 Å². The Morgan fingerprint density at radius 3 is 2.22 bits per heavy atom. The quantitative estimate of drug-likeness (QED) is 0.507. The van der Waals surface area contributed by atoms with E-state index in [-0.39, 0.29) is 13.1 Å². The van der Waals surface area contributed by atoms with Crippen molar-refractivity contribution in [3.63, 3.8) is 0 Å². The van der Waals surface area contributed by atoms with Gasteiger partial charge in [-0.3, -0.25) is 19.2 Å². The predicted octanol–water partition coefficient (Wildman–Crippen LogP) is 3.45. The first-order chi connectivity index (χ1) is 17.2. The monoisotopic (exact) mass is 509 g/mol. The minimum Gasteiger partial charge on any atom is -0.481 e. The summed E-state index contributed by atoms with van der Waals surface area (Å²) in [4.78, 5) is 54.8. The number of carboxylic acids is 1. The highest BCUT2D eigenvalue weighted by atomic mass is 32.1. The highest BCUT2D eigenvalue weighted by molar-refractivity contribution is 7.12. The number of hydrogen-bond donors (Lipinski definition) is 2. The Labute approximate surface area is 211 Å². The van der Waals surface area contributed by atoms with E-state index < -0.39 is 48.1 Å². The van der Waals surface area contributed by atoms with Crippen LogP contribution < -0.4 is 5.32 Å². The van der Waals surface area contributed by atoms with Gasteiger partial charge >= 0.3 is 5.97 Å². The average Bonchev–Trinajstić information content (AvgIpc) is 3.54. The Bertz CT molecular complexity index is 1260. The molecule has 10 heteroatoms. The van der Waals surface area contributed by atoms with Crippen molar-refractivity contribution in [2.75, 3.05) is 13.1 Å². The second-order valence-corrected chi connectivity index (χ2v) is 9.37. The number of thiophene rings is 1. The lowest BCUT2D eigenvalue weighted by Gasteiger charge is -2.30. The minimum absolute atomic E-state index is 0.127. The van der Waals surface area contributed by atoms with Crippen LogP contribution in [0.15, 0.2) is 66.0 Å². The number of carbonyl (C=O) groups excluding carboxylic acids is 3. The van der Waals surface area contributed by atoms with Gasteiger partial charge in [-0.15, -0.1) is 11.3 Å². The number of halogens is 1. The molecule has 4 rings (SSSR count). The summed E-state index contributed by atoms with van der Waals surface area (Å²) in [5.74, 6) is -3.20. The van der Waals surface area contributed by atoms with Gasteiger partial charge in [0.05, 0.1) is 17.3 Å². The van der Waals surface area contributed by atoms with E-state index >= 15 is 0 Å². The first-order valence-corrected chi connectivity index (χ1v) is 12.1. The topological polar surface area (TPSA) is 107 Å². The van der Waals surface area contributed by atoms with Gasteiger partial charge in [0.25, 0.3) is 17.7 Å². The van der Waals surface area contributed by atoms with Crippen LogP contribution in [-0.2, 0) is 9.59 Å². The van der Waals surface area contributed by atoms with Crippen molar-refractivity contribution in [3.8, 4) is 0 Å². The number of aryl methyl sites for hydroxylation is 1. The molecule has 36 heavy (non-hydrogen) atoms. The van der Waals surface area contributed by atoms with Crippen molar-refractivity contribution in [3.05, 3.63) is 93.4 Å². The molecule has 2 unspecified atom stereocenters. The first-order valence-electron chi connectivity index (χ1n) is 11.2. The molecule has 1 fully saturated rings. The van der Waals surface area contributed by atoms with Crippen molar-refractivity contribution >= 4 is 35.0 Å². The van der Waals surface area contributed by atoms with Gasteiger partial charge in [-0.05, 0) is 48.2 Å². The molecular weight excluding hydrogens is 485 g/mol. The fraction of sp³-hybridized carbons (Fsp3) is 0.231. The van der Waals surface area contributed by atoms with Gasteiger partial charge in [-0.1, -0.05) is 35.9 Å². The second kappa shape index (κ2) is 10.7. The molecule has 2 N–H and O–H groups in total. The van der Waals surface area contributed by atoms with Crippen LogP contribution in [-0.4, -0.2) is 57.9 Å². The van der Waals surface area contributed by atoms with E-state index in [2.05, 4.69) is 5.32 Å². The van der Waals surface area contributed by atoms with Gasteiger partial charge in [0, 0.05) is 18.7 Å². The molecule has 2 aromatic carbocycles. The van der Waals surface area contributed by atoms with Crippen LogP contribution in [0.3, 0.4) is 0 Å². The maximum Gasteiger partial charge on any atom is 0.305 e. The molecule has 0 saturated carbocycles. The summed E-state index contributed by atoms with van der Waals surface area (Å²) in [6.07, 6.45) is -1.75. The Balaban J connectivity index is 1.66. The maximum absolute atomic E-state index is 13.6. The Morgan fingerprint density at radius 2 is 1.64 bits per heavy atom. The first kappa shape index (κ1) is 25.1. The molecule has 1 aliphatic heterocycles. The second-order valence-electron chi connectivity index (χ2n) is 8.42. The molecule has 1 saturated heterocycles. The molecule has 2 atom stereocenters. The van der Waals surface area contributed by atoms with Crippen LogP contribution in [0.1, 0.15) is 43.6 Å². The largest absolute Gasteiger partial charge is 0.481 e. The van der Waals surface area contributed by atoms with Crippen molar-refractivity contribution in [2.24, 2.45) is 0 Å². The Morgan fingerprint density at radius 1 is 1.00 bits per heavy atom. The lowest BCUT2D eigenvalue weighted by atomic mass is 10.0. The van der Waals surface area contributed by atoms with Crippen LogP contribution in [0, 0.1) is 12.7 Å². The van der Waals surface area contributed by atoms with Crippen LogP contribution in [0.5, 0.6) is 0 Å². The smallest absolute Gasteiger partial charge is 0.305 e. The number of carbonyl (C=O) groups is 4. The molecule has 8 nitrogen and oxygen atoms in total. The van der Waals surface area contributed by atoms with Crippen molar-refractivity contribution < 1.29 is 28.7 Å². The zero-order chi connectivity index (χ0) is 25.8. The average molecular weight is 510 g/mol. The summed E-state index contributed by atoms with van der Waals surface area (Å²) in [5, 5.41) is 13.8. The zero-order valence-electron chi connectivity index (χ0n) is 19.4. The fourth-order valence-electron chi connectivity index (χ4n) is 4.11. The lowest BCUT2D eigenvalue weighted by molar-refractivity contribution is -0.138. The van der Waals surface area contributed by atoms with Crippen LogP contribution in [0.4, 0.5) is 4.39 Å². The maximum atomic E-state index is 13.6. The van der Waals surface area contributed by atoms with E-state index in [0.717, 1.165) is 5.56 Å². The van der Waals surface area contributed by atoms with E-state index in [9.17, 15) is 28.7 Å². The summed E-state index contributed by atoms with van der Waals surface area (Å²) in [5.41, 5.74) is 1.72. The SMILES string of the molecule is Cc1ccc(C(=O)N2CCN(C(=O)c3cccs3)C2C(=O)NC(CC(=O)O)c2ccc(F)cc2)cc1. The van der Waals surface area contributed by atoms with Gasteiger partial charge in [-0.25, -0.2) is 4.39 Å². The number of hydrogen-bond acceptors (Lipinski definition) is 5. The van der Waals surface area contributed by atoms with Gasteiger partial charge in [0.2, 0.25) is 0 Å². The standard InChI is InChI=1S/C26H24FN3O5S/c1-16-4-6-18(7-5-16)25(34)29-12-13-30(26(35)21-3-2-14-36-21)24(29)23(33)28-20(15-22(31)32)17-8-10-19(27)11-9-17/h2-11,14,20,24H,12-13,15H2,1H3,(H,28,33)(H,31,32). The molecule has 186 valence electrons. The number of amides is 3. The molecule has 0 radical (unpaired) electrons. The molecule has 0 spiro atoms. The van der Waals surface area contributed by atoms with E-state index in [1.165, 1.54) is 45.4 Å². The van der Waals surface area contributed by atoms with E-state index in [0.29, 0.717) is 16.0 Å². The number of rotatable bonds is 7. The molecule has 3 amide bonds. The summed E-state index contributed by atoms with van der Waals surface area (Å²) < 4.78 is 13.4. The Hall–Kier alpha value is -4.05. The minimum atomic E-state index is -1.29. The number of aliphatic carboxylic acids is 1. The molecular formula is C26H24FN3O5S. The van der Waals surface area contributed by atoms with Crippen LogP contribution in [0.2, 0.25) is 0 Å². The van der Waals surface area contributed by atoms with Gasteiger partial charge in [0.15, 0.2) is 6.17 Å². The molecule has 3 aromatic rings. The van der Waals surface area contributed by atoms with Crippen molar-refractivity contribution in [1.82, 2.24) is 15.1 Å². The number of nitrogens with zero attached hydrogens (tertiary/aromatic N) is 2. The Kier molecular flexibility index (Phi) is 7.44. The summed E-state index contributed by atoms with van der Waals surface area (Å²) >= 11 is 1.22. The highest BCUT2D eigenvalue weighted by Crippen LogP contribution is 2.25. The summed E-state index contributed by atoms with van der Waals surface area (Å²) in [6, 6.07) is 14.4. The van der Waals surface area contributed by atoms with Gasteiger partial charge < -0.3 is 20.2 Å². The van der Waals surface area contributed by atoms with Crippen molar-refractivity contribution in [1.29, 1.82) is 0 Å². The van der Waals surface area contributed by atoms with E-state index in [1.54, 1.807) is 41.8 Å². The van der Waals surface area contributed by atoms with Gasteiger partial charge in [-0.2, -0.15) is 0 Å². The predicted molar refractivity (Wildman–Crippen MR) is 131 cm³/mol. The highest BCUT2D eigenvalue weighted by Gasteiger charge is 2.44. The zero-order valence-corrected chi connectivity index (χ0v) is 20.2. The van der Waals surface area contributed by atoms with E-state index in [4.69, 9.17) is 0 Å². The molecule has 1 aromatic heterocycles. The molecule has 2 heterocycles. The molecule has 0 aliphatic carbocycles. The normalized spacial score (nSPS) is 16.0. The van der Waals surface area contributed by atoms with Crippen LogP contribution >= 0.6 is 11.3 Å².